The van der Waals surface area contributed by atoms with E-state index < -0.39 is 5.97 Å². The second kappa shape index (κ2) is 8.31. The number of aryl methyl sites for hydroxylation is 2. The quantitative estimate of drug-likeness (QED) is 0.598. The smallest absolute Gasteiger partial charge is 0.326 e. The number of aromatic nitrogens is 1. The number of thiazole rings is 1. The van der Waals surface area contributed by atoms with Gasteiger partial charge in [-0.25, -0.2) is 0 Å². The standard InChI is InChI=1S/C22H22N2O5S/c1-4-27-20(25)12-24-16-10-17-18(29-8-7-28-17)11-19(16)30-22(24)23-21(26)15-6-5-13(2)9-14(15)3/h5-6,9-11H,4,7-8,12H2,1-3H3. The Balaban J connectivity index is 1.85. The van der Waals surface area contributed by atoms with E-state index in [9.17, 15) is 9.59 Å². The van der Waals surface area contributed by atoms with Gasteiger partial charge in [-0.2, -0.15) is 4.99 Å². The van der Waals surface area contributed by atoms with Crippen LogP contribution in [0.3, 0.4) is 0 Å². The maximum absolute atomic E-state index is 12.9. The van der Waals surface area contributed by atoms with Crippen molar-refractivity contribution in [1.29, 1.82) is 0 Å². The van der Waals surface area contributed by atoms with Gasteiger partial charge in [0.2, 0.25) is 0 Å². The number of rotatable bonds is 4. The van der Waals surface area contributed by atoms with E-state index in [-0.39, 0.29) is 19.1 Å². The van der Waals surface area contributed by atoms with Crippen molar-refractivity contribution in [2.45, 2.75) is 27.3 Å². The first-order valence-corrected chi connectivity index (χ1v) is 10.5. The van der Waals surface area contributed by atoms with Gasteiger partial charge in [0.1, 0.15) is 19.8 Å². The summed E-state index contributed by atoms with van der Waals surface area (Å²) in [5.74, 6) is 0.503. The summed E-state index contributed by atoms with van der Waals surface area (Å²) in [5, 5.41) is 0. The fraction of sp³-hybridized carbons (Fsp3) is 0.318. The van der Waals surface area contributed by atoms with Gasteiger partial charge in [-0.05, 0) is 32.4 Å². The predicted octanol–water partition coefficient (Wildman–Crippen LogP) is 3.40. The van der Waals surface area contributed by atoms with Crippen molar-refractivity contribution in [2.75, 3.05) is 19.8 Å². The molecule has 0 N–H and O–H groups in total. The van der Waals surface area contributed by atoms with Crippen molar-refractivity contribution in [3.63, 3.8) is 0 Å². The first kappa shape index (κ1) is 20.2. The molecule has 0 unspecified atom stereocenters. The number of nitrogens with zero attached hydrogens (tertiary/aromatic N) is 2. The molecule has 0 saturated carbocycles. The summed E-state index contributed by atoms with van der Waals surface area (Å²) in [4.78, 5) is 29.9. The first-order valence-electron chi connectivity index (χ1n) is 9.71. The van der Waals surface area contributed by atoms with Gasteiger partial charge in [-0.3, -0.25) is 9.59 Å². The molecule has 8 heteroatoms. The summed E-state index contributed by atoms with van der Waals surface area (Å²) in [6.45, 7) is 6.79. The number of carbonyl (C=O) groups is 2. The molecule has 7 nitrogen and oxygen atoms in total. The molecule has 30 heavy (non-hydrogen) atoms. The van der Waals surface area contributed by atoms with Crippen LogP contribution in [0.1, 0.15) is 28.4 Å². The Morgan fingerprint density at radius 1 is 1.13 bits per heavy atom. The Morgan fingerprint density at radius 2 is 1.87 bits per heavy atom. The van der Waals surface area contributed by atoms with Gasteiger partial charge in [0, 0.05) is 17.7 Å². The summed E-state index contributed by atoms with van der Waals surface area (Å²) in [6, 6.07) is 9.29. The Hall–Kier alpha value is -3.13. The first-order chi connectivity index (χ1) is 14.5. The van der Waals surface area contributed by atoms with Gasteiger partial charge in [0.25, 0.3) is 5.91 Å². The highest BCUT2D eigenvalue weighted by molar-refractivity contribution is 7.16. The van der Waals surface area contributed by atoms with E-state index >= 15 is 0 Å². The zero-order valence-corrected chi connectivity index (χ0v) is 17.9. The maximum atomic E-state index is 12.9. The third-order valence-electron chi connectivity index (χ3n) is 4.75. The largest absolute Gasteiger partial charge is 0.486 e. The summed E-state index contributed by atoms with van der Waals surface area (Å²) >= 11 is 1.32. The molecule has 1 aliphatic rings. The summed E-state index contributed by atoms with van der Waals surface area (Å²) in [7, 11) is 0. The molecular formula is C22H22N2O5S. The average Bonchev–Trinajstić information content (AvgIpc) is 3.02. The molecule has 2 aromatic carbocycles. The number of carbonyl (C=O) groups excluding carboxylic acids is 2. The second-order valence-electron chi connectivity index (χ2n) is 6.97. The molecular weight excluding hydrogens is 404 g/mol. The Morgan fingerprint density at radius 3 is 2.57 bits per heavy atom. The number of esters is 1. The molecule has 2 heterocycles. The van der Waals surface area contributed by atoms with Crippen LogP contribution < -0.4 is 14.3 Å². The maximum Gasteiger partial charge on any atom is 0.326 e. The molecule has 0 radical (unpaired) electrons. The highest BCUT2D eigenvalue weighted by atomic mass is 32.1. The zero-order valence-electron chi connectivity index (χ0n) is 17.1. The topological polar surface area (TPSA) is 79.1 Å². The average molecular weight is 426 g/mol. The van der Waals surface area contributed by atoms with Crippen LogP contribution >= 0.6 is 11.3 Å². The van der Waals surface area contributed by atoms with Gasteiger partial charge < -0.3 is 18.8 Å². The third-order valence-corrected chi connectivity index (χ3v) is 5.79. The highest BCUT2D eigenvalue weighted by Crippen LogP contribution is 2.35. The summed E-state index contributed by atoms with van der Waals surface area (Å²) in [6.07, 6.45) is 0. The van der Waals surface area contributed by atoms with E-state index in [0.29, 0.717) is 35.1 Å². The Kier molecular flexibility index (Phi) is 5.59. The Bertz CT molecular complexity index is 1210. The number of hydrogen-bond acceptors (Lipinski definition) is 6. The Labute approximate surface area is 177 Å². The lowest BCUT2D eigenvalue weighted by Crippen LogP contribution is -2.23. The predicted molar refractivity (Wildman–Crippen MR) is 113 cm³/mol. The molecule has 0 atom stereocenters. The van der Waals surface area contributed by atoms with Crippen LogP contribution in [0.5, 0.6) is 11.5 Å². The van der Waals surface area contributed by atoms with Crippen LogP contribution in [0.2, 0.25) is 0 Å². The lowest BCUT2D eigenvalue weighted by molar-refractivity contribution is -0.143. The van der Waals surface area contributed by atoms with E-state index in [4.69, 9.17) is 14.2 Å². The fourth-order valence-corrected chi connectivity index (χ4v) is 4.42. The number of ether oxygens (including phenoxy) is 3. The van der Waals surface area contributed by atoms with Gasteiger partial charge in [-0.15, -0.1) is 0 Å². The molecule has 156 valence electrons. The molecule has 1 aliphatic heterocycles. The van der Waals surface area contributed by atoms with E-state index in [2.05, 4.69) is 4.99 Å². The van der Waals surface area contributed by atoms with Crippen molar-refractivity contribution in [2.24, 2.45) is 4.99 Å². The van der Waals surface area contributed by atoms with Crippen LogP contribution in [0.4, 0.5) is 0 Å². The SMILES string of the molecule is CCOC(=O)Cn1c(=NC(=O)c2ccc(C)cc2C)sc2cc3c(cc21)OCCO3. The van der Waals surface area contributed by atoms with E-state index in [1.54, 1.807) is 17.6 Å². The molecule has 0 saturated heterocycles. The molecule has 0 bridgehead atoms. The third kappa shape index (κ3) is 3.95. The summed E-state index contributed by atoms with van der Waals surface area (Å²) < 4.78 is 19.0. The normalized spacial score (nSPS) is 13.5. The van der Waals surface area contributed by atoms with Crippen LogP contribution in [0.25, 0.3) is 10.2 Å². The zero-order chi connectivity index (χ0) is 21.3. The molecule has 0 spiro atoms. The number of fused-ring (bicyclic) bond motifs is 2. The fourth-order valence-electron chi connectivity index (χ4n) is 3.38. The molecule has 4 rings (SSSR count). The minimum Gasteiger partial charge on any atom is -0.486 e. The minimum absolute atomic E-state index is 0.0491. The van der Waals surface area contributed by atoms with Crippen molar-refractivity contribution in [1.82, 2.24) is 4.57 Å². The lowest BCUT2D eigenvalue weighted by atomic mass is 10.1. The van der Waals surface area contributed by atoms with Gasteiger partial charge in [0.15, 0.2) is 16.3 Å². The second-order valence-corrected chi connectivity index (χ2v) is 7.98. The van der Waals surface area contributed by atoms with Gasteiger partial charge in [0.05, 0.1) is 16.8 Å². The lowest BCUT2D eigenvalue weighted by Gasteiger charge is -2.18. The van der Waals surface area contributed by atoms with Gasteiger partial charge in [-0.1, -0.05) is 29.0 Å². The van der Waals surface area contributed by atoms with Crippen molar-refractivity contribution >= 4 is 33.4 Å². The number of amides is 1. The van der Waals surface area contributed by atoms with E-state index in [1.165, 1.54) is 11.3 Å². The highest BCUT2D eigenvalue weighted by Gasteiger charge is 2.19. The number of hydrogen-bond donors (Lipinski definition) is 0. The van der Waals surface area contributed by atoms with Crippen LogP contribution in [-0.2, 0) is 16.1 Å². The molecule has 3 aromatic rings. The van der Waals surface area contributed by atoms with Gasteiger partial charge >= 0.3 is 5.97 Å². The van der Waals surface area contributed by atoms with Crippen LogP contribution in [0, 0.1) is 13.8 Å². The van der Waals surface area contributed by atoms with E-state index in [1.807, 2.05) is 38.1 Å². The molecule has 1 amide bonds. The van der Waals surface area contributed by atoms with Crippen LogP contribution in [-0.4, -0.2) is 36.3 Å². The molecule has 0 fully saturated rings. The molecule has 0 aliphatic carbocycles. The number of benzene rings is 2. The minimum atomic E-state index is -0.396. The van der Waals surface area contributed by atoms with Crippen molar-refractivity contribution in [3.8, 4) is 11.5 Å². The van der Waals surface area contributed by atoms with E-state index in [0.717, 1.165) is 21.3 Å². The van der Waals surface area contributed by atoms with Crippen molar-refractivity contribution in [3.05, 3.63) is 51.8 Å². The van der Waals surface area contributed by atoms with Crippen molar-refractivity contribution < 1.29 is 23.8 Å². The monoisotopic (exact) mass is 426 g/mol. The molecule has 1 aromatic heterocycles. The van der Waals surface area contributed by atoms with Crippen LogP contribution in [0.15, 0.2) is 35.3 Å². The summed E-state index contributed by atoms with van der Waals surface area (Å²) in [5.41, 5.74) is 3.21.